The van der Waals surface area contributed by atoms with Crippen molar-refractivity contribution < 1.29 is 14.2 Å². The predicted octanol–water partition coefficient (Wildman–Crippen LogP) is 4.08. The van der Waals surface area contributed by atoms with E-state index < -0.39 is 0 Å². The van der Waals surface area contributed by atoms with Crippen LogP contribution in [0.2, 0.25) is 0 Å². The molecule has 2 heterocycles. The molecule has 21 heavy (non-hydrogen) atoms. The van der Waals surface area contributed by atoms with Gasteiger partial charge in [-0.15, -0.1) is 0 Å². The molecule has 0 amide bonds. The summed E-state index contributed by atoms with van der Waals surface area (Å²) in [4.78, 5) is 0. The molecule has 0 aromatic heterocycles. The Labute approximate surface area is 124 Å². The summed E-state index contributed by atoms with van der Waals surface area (Å²) >= 11 is 0. The zero-order chi connectivity index (χ0) is 14.4. The summed E-state index contributed by atoms with van der Waals surface area (Å²) in [5, 5.41) is 0. The van der Waals surface area contributed by atoms with Crippen LogP contribution in [0.1, 0.15) is 37.0 Å². The molecule has 108 valence electrons. The SMILES string of the molecule is CC(C)Oc1ccc2c(c1)OC[C@@H]1c3ccccc3O[C@H]21. The van der Waals surface area contributed by atoms with Gasteiger partial charge in [-0.2, -0.15) is 0 Å². The normalized spacial score (nSPS) is 21.9. The topological polar surface area (TPSA) is 27.7 Å². The van der Waals surface area contributed by atoms with Crippen LogP contribution in [0, 0.1) is 0 Å². The van der Waals surface area contributed by atoms with Crippen molar-refractivity contribution in [2.45, 2.75) is 32.0 Å². The van der Waals surface area contributed by atoms with E-state index in [1.54, 1.807) is 0 Å². The van der Waals surface area contributed by atoms with Crippen LogP contribution >= 0.6 is 0 Å². The highest BCUT2D eigenvalue weighted by Crippen LogP contribution is 2.51. The van der Waals surface area contributed by atoms with Gasteiger partial charge in [-0.05, 0) is 32.0 Å². The maximum atomic E-state index is 6.14. The Morgan fingerprint density at radius 3 is 2.76 bits per heavy atom. The molecule has 0 aliphatic carbocycles. The van der Waals surface area contributed by atoms with Crippen LogP contribution in [0.4, 0.5) is 0 Å². The highest BCUT2D eigenvalue weighted by Gasteiger charge is 2.40. The third kappa shape index (κ3) is 2.04. The Kier molecular flexibility index (Phi) is 2.81. The lowest BCUT2D eigenvalue weighted by atomic mass is 9.89. The first-order chi connectivity index (χ1) is 10.2. The minimum atomic E-state index is 0.0549. The van der Waals surface area contributed by atoms with Crippen LogP contribution in [-0.4, -0.2) is 12.7 Å². The second-order valence-electron chi connectivity index (χ2n) is 5.86. The Bertz CT molecular complexity index is 678. The molecule has 0 N–H and O–H groups in total. The first-order valence-corrected chi connectivity index (χ1v) is 7.41. The molecule has 0 radical (unpaired) electrons. The number of benzene rings is 2. The molecule has 2 aromatic carbocycles. The third-order valence-corrected chi connectivity index (χ3v) is 4.02. The lowest BCUT2D eigenvalue weighted by Crippen LogP contribution is -2.23. The summed E-state index contributed by atoms with van der Waals surface area (Å²) in [6.45, 7) is 4.69. The summed E-state index contributed by atoms with van der Waals surface area (Å²) in [6.07, 6.45) is 0.214. The lowest BCUT2D eigenvalue weighted by Gasteiger charge is -2.28. The lowest BCUT2D eigenvalue weighted by molar-refractivity contribution is 0.138. The average Bonchev–Trinajstić information content (AvgIpc) is 2.85. The first-order valence-electron chi connectivity index (χ1n) is 7.41. The molecule has 0 unspecified atom stereocenters. The number of fused-ring (bicyclic) bond motifs is 5. The van der Waals surface area contributed by atoms with Gasteiger partial charge in [0.25, 0.3) is 0 Å². The van der Waals surface area contributed by atoms with E-state index in [1.807, 2.05) is 38.1 Å². The van der Waals surface area contributed by atoms with Gasteiger partial charge >= 0.3 is 0 Å². The van der Waals surface area contributed by atoms with Crippen LogP contribution in [0.25, 0.3) is 0 Å². The fourth-order valence-corrected chi connectivity index (χ4v) is 3.13. The highest BCUT2D eigenvalue weighted by molar-refractivity contribution is 5.50. The Hall–Kier alpha value is -2.16. The number of ether oxygens (including phenoxy) is 3. The van der Waals surface area contributed by atoms with Gasteiger partial charge in [0.15, 0.2) is 0 Å². The van der Waals surface area contributed by atoms with Gasteiger partial charge in [0.2, 0.25) is 0 Å². The molecular weight excluding hydrogens is 264 g/mol. The molecule has 0 bridgehead atoms. The second-order valence-corrected chi connectivity index (χ2v) is 5.86. The second kappa shape index (κ2) is 4.69. The highest BCUT2D eigenvalue weighted by atomic mass is 16.5. The van der Waals surface area contributed by atoms with Crippen molar-refractivity contribution in [2.75, 3.05) is 6.61 Å². The molecule has 3 heteroatoms. The van der Waals surface area contributed by atoms with E-state index in [2.05, 4.69) is 18.2 Å². The Morgan fingerprint density at radius 2 is 1.90 bits per heavy atom. The van der Waals surface area contributed by atoms with Crippen LogP contribution in [0.5, 0.6) is 17.2 Å². The zero-order valence-corrected chi connectivity index (χ0v) is 12.2. The fraction of sp³-hybridized carbons (Fsp3) is 0.333. The zero-order valence-electron chi connectivity index (χ0n) is 12.2. The summed E-state index contributed by atoms with van der Waals surface area (Å²) in [5.41, 5.74) is 2.36. The largest absolute Gasteiger partial charge is 0.492 e. The van der Waals surface area contributed by atoms with Gasteiger partial charge in [0, 0.05) is 17.2 Å². The first kappa shape index (κ1) is 12.6. The van der Waals surface area contributed by atoms with Gasteiger partial charge < -0.3 is 14.2 Å². The molecular formula is C18H18O3. The third-order valence-electron chi connectivity index (χ3n) is 4.02. The molecule has 2 aliphatic heterocycles. The van der Waals surface area contributed by atoms with Crippen molar-refractivity contribution in [3.05, 3.63) is 53.6 Å². The molecule has 0 fully saturated rings. The molecule has 0 saturated carbocycles. The maximum Gasteiger partial charge on any atom is 0.138 e. The van der Waals surface area contributed by atoms with Crippen LogP contribution in [-0.2, 0) is 0 Å². The van der Waals surface area contributed by atoms with E-state index in [-0.39, 0.29) is 18.1 Å². The molecule has 0 saturated heterocycles. The van der Waals surface area contributed by atoms with Crippen molar-refractivity contribution in [1.29, 1.82) is 0 Å². The predicted molar refractivity (Wildman–Crippen MR) is 80.3 cm³/mol. The Morgan fingerprint density at radius 1 is 1.05 bits per heavy atom. The molecule has 3 nitrogen and oxygen atoms in total. The summed E-state index contributed by atoms with van der Waals surface area (Å²) in [5.74, 6) is 2.98. The standard InChI is InChI=1S/C18H18O3/c1-11(2)20-12-7-8-14-17(9-12)19-10-15-13-5-3-4-6-16(13)21-18(14)15/h3-9,11,15,18H,10H2,1-2H3/t15-,18-/m1/s1. The van der Waals surface area contributed by atoms with Gasteiger partial charge in [-0.1, -0.05) is 18.2 Å². The smallest absolute Gasteiger partial charge is 0.138 e. The number of hydrogen-bond donors (Lipinski definition) is 0. The average molecular weight is 282 g/mol. The molecule has 0 spiro atoms. The van der Waals surface area contributed by atoms with Crippen molar-refractivity contribution in [3.8, 4) is 17.2 Å². The van der Waals surface area contributed by atoms with Crippen molar-refractivity contribution in [3.63, 3.8) is 0 Å². The molecule has 2 aromatic rings. The van der Waals surface area contributed by atoms with E-state index >= 15 is 0 Å². The van der Waals surface area contributed by atoms with E-state index in [0.717, 1.165) is 22.8 Å². The minimum absolute atomic E-state index is 0.0549. The van der Waals surface area contributed by atoms with Gasteiger partial charge in [-0.25, -0.2) is 0 Å². The number of rotatable bonds is 2. The summed E-state index contributed by atoms with van der Waals surface area (Å²) in [6, 6.07) is 14.3. The van der Waals surface area contributed by atoms with Gasteiger partial charge in [0.05, 0.1) is 18.6 Å². The number of hydrogen-bond acceptors (Lipinski definition) is 3. The van der Waals surface area contributed by atoms with Gasteiger partial charge in [0.1, 0.15) is 23.4 Å². The fourth-order valence-electron chi connectivity index (χ4n) is 3.13. The molecule has 2 aliphatic rings. The van der Waals surface area contributed by atoms with E-state index in [1.165, 1.54) is 5.56 Å². The minimum Gasteiger partial charge on any atom is -0.492 e. The summed E-state index contributed by atoms with van der Waals surface area (Å²) in [7, 11) is 0. The quantitative estimate of drug-likeness (QED) is 0.830. The van der Waals surface area contributed by atoms with E-state index in [9.17, 15) is 0 Å². The van der Waals surface area contributed by atoms with Crippen molar-refractivity contribution in [2.24, 2.45) is 0 Å². The molecule has 4 rings (SSSR count). The monoisotopic (exact) mass is 282 g/mol. The maximum absolute atomic E-state index is 6.14. The van der Waals surface area contributed by atoms with Crippen LogP contribution in [0.15, 0.2) is 42.5 Å². The van der Waals surface area contributed by atoms with Crippen molar-refractivity contribution >= 4 is 0 Å². The van der Waals surface area contributed by atoms with E-state index in [4.69, 9.17) is 14.2 Å². The molecule has 2 atom stereocenters. The summed E-state index contributed by atoms with van der Waals surface area (Å²) < 4.78 is 17.8. The van der Waals surface area contributed by atoms with Crippen LogP contribution in [0.3, 0.4) is 0 Å². The Balaban J connectivity index is 1.69. The van der Waals surface area contributed by atoms with E-state index in [0.29, 0.717) is 6.61 Å². The van der Waals surface area contributed by atoms with Crippen LogP contribution < -0.4 is 14.2 Å². The van der Waals surface area contributed by atoms with Gasteiger partial charge in [-0.3, -0.25) is 0 Å². The number of para-hydroxylation sites is 1. The van der Waals surface area contributed by atoms with Crippen molar-refractivity contribution in [1.82, 2.24) is 0 Å².